The number of rotatable bonds is 4. The Kier molecular flexibility index (Phi) is 9.51. The van der Waals surface area contributed by atoms with Gasteiger partial charge in [0.1, 0.15) is 12.1 Å². The van der Waals surface area contributed by atoms with Crippen LogP contribution in [0.15, 0.2) is 231 Å². The average Bonchev–Trinajstić information content (AvgIpc) is 3.30. The summed E-state index contributed by atoms with van der Waals surface area (Å²) in [5, 5.41) is 43.7. The number of thiophene rings is 4. The van der Waals surface area contributed by atoms with E-state index in [0.29, 0.717) is 16.7 Å². The molecule has 0 aliphatic heterocycles. The number of hydrogen-bond acceptors (Lipinski definition) is 6. The molecule has 0 saturated heterocycles. The topological polar surface area (TPSA) is 57.4 Å². The van der Waals surface area contributed by atoms with Gasteiger partial charge < -0.3 is 9.13 Å². The minimum Gasteiger partial charge on any atom is -0.304 e. The van der Waals surface area contributed by atoms with E-state index >= 15 is 0 Å². The molecule has 0 spiro atoms. The smallest absolute Gasteiger partial charge is 0.102 e. The zero-order valence-corrected chi connectivity index (χ0v) is 47.6. The molecule has 0 amide bonds. The molecule has 0 aliphatic rings. The SMILES string of the molecule is N#Cc1c(-c2ccc3ccccc3c2)c(C#N)c(-n2c3c(ccc4c5ccccc5sc43)c3ccc4c5ccccc5sc4c32)c(-c2ccc3ccccc3c2)c1-n1c2c(ccc3c4ccccc4sc32)c2ccc3c4ccccc4sc3c21. The van der Waals surface area contributed by atoms with Gasteiger partial charge in [-0.05, 0) is 69.1 Å². The van der Waals surface area contributed by atoms with Gasteiger partial charge in [-0.25, -0.2) is 0 Å². The Morgan fingerprint density at radius 1 is 0.262 bits per heavy atom. The summed E-state index contributed by atoms with van der Waals surface area (Å²) in [6.45, 7) is 0. The second-order valence-electron chi connectivity index (χ2n) is 22.0. The van der Waals surface area contributed by atoms with E-state index in [1.807, 2.05) is 45.3 Å². The minimum atomic E-state index is 0.434. The zero-order chi connectivity index (χ0) is 55.1. The molecule has 84 heavy (non-hydrogen) atoms. The van der Waals surface area contributed by atoms with Crippen LogP contribution in [-0.4, -0.2) is 9.13 Å². The summed E-state index contributed by atoms with van der Waals surface area (Å²) in [5.41, 5.74) is 9.60. The van der Waals surface area contributed by atoms with Crippen LogP contribution in [0.25, 0.3) is 179 Å². The van der Waals surface area contributed by atoms with E-state index in [9.17, 15) is 10.5 Å². The van der Waals surface area contributed by atoms with Gasteiger partial charge in [0.2, 0.25) is 0 Å². The highest BCUT2D eigenvalue weighted by molar-refractivity contribution is 7.28. The summed E-state index contributed by atoms with van der Waals surface area (Å²) in [6, 6.07) is 89.5. The Morgan fingerprint density at radius 3 is 0.881 bits per heavy atom. The first-order valence-corrected chi connectivity index (χ1v) is 31.3. The number of benzene rings is 13. The van der Waals surface area contributed by atoms with Crippen LogP contribution in [-0.2, 0) is 0 Å². The number of nitrogens with zero attached hydrogens (tertiary/aromatic N) is 4. The third-order valence-electron chi connectivity index (χ3n) is 17.8. The van der Waals surface area contributed by atoms with Crippen LogP contribution >= 0.6 is 45.3 Å². The van der Waals surface area contributed by atoms with E-state index in [4.69, 9.17) is 0 Å². The lowest BCUT2D eigenvalue weighted by molar-refractivity contribution is 1.13. The first-order valence-electron chi connectivity index (χ1n) is 28.0. The molecule has 8 heteroatoms. The van der Waals surface area contributed by atoms with Crippen molar-refractivity contribution in [2.24, 2.45) is 0 Å². The fraction of sp³-hybridized carbons (Fsp3) is 0. The maximum atomic E-state index is 12.8. The van der Waals surface area contributed by atoms with Crippen LogP contribution in [0.3, 0.4) is 0 Å². The predicted octanol–water partition coefficient (Wildman–Crippen LogP) is 22.7. The first kappa shape index (κ1) is 46.4. The Balaban J connectivity index is 1.14. The molecule has 6 aromatic heterocycles. The number of hydrogen-bond donors (Lipinski definition) is 0. The van der Waals surface area contributed by atoms with E-state index in [-0.39, 0.29) is 0 Å². The lowest BCUT2D eigenvalue weighted by Gasteiger charge is -2.26. The van der Waals surface area contributed by atoms with E-state index < -0.39 is 0 Å². The number of nitriles is 2. The molecule has 386 valence electrons. The van der Waals surface area contributed by atoms with Crippen molar-refractivity contribution in [2.45, 2.75) is 0 Å². The summed E-state index contributed by atoms with van der Waals surface area (Å²) in [6.07, 6.45) is 0. The van der Waals surface area contributed by atoms with E-state index in [1.54, 1.807) is 0 Å². The molecule has 0 unspecified atom stereocenters. The summed E-state index contributed by atoms with van der Waals surface area (Å²) in [5.74, 6) is 0. The fourth-order valence-electron chi connectivity index (χ4n) is 14.2. The predicted molar refractivity (Wildman–Crippen MR) is 362 cm³/mol. The van der Waals surface area contributed by atoms with Gasteiger partial charge in [0.25, 0.3) is 0 Å². The molecule has 0 bridgehead atoms. The maximum absolute atomic E-state index is 12.8. The zero-order valence-electron chi connectivity index (χ0n) is 44.4. The molecular formula is C76H38N4S4. The molecular weight excluding hydrogens is 1100 g/mol. The highest BCUT2D eigenvalue weighted by Crippen LogP contribution is 2.55. The lowest BCUT2D eigenvalue weighted by atomic mass is 9.85. The molecule has 19 rings (SSSR count). The Hall–Kier alpha value is -10.2. The quantitative estimate of drug-likeness (QED) is 0.176. The van der Waals surface area contributed by atoms with Crippen molar-refractivity contribution in [3.63, 3.8) is 0 Å². The van der Waals surface area contributed by atoms with Gasteiger partial charge in [-0.2, -0.15) is 10.5 Å². The molecule has 0 atom stereocenters. The van der Waals surface area contributed by atoms with Gasteiger partial charge in [0.15, 0.2) is 0 Å². The van der Waals surface area contributed by atoms with E-state index in [1.165, 1.54) is 40.3 Å². The molecule has 0 N–H and O–H groups in total. The highest BCUT2D eigenvalue weighted by atomic mass is 32.1. The summed E-state index contributed by atoms with van der Waals surface area (Å²) in [7, 11) is 0. The van der Waals surface area contributed by atoms with Crippen LogP contribution in [0.1, 0.15) is 11.1 Å². The second kappa shape index (κ2) is 17.2. The van der Waals surface area contributed by atoms with E-state index in [2.05, 4.69) is 252 Å². The fourth-order valence-corrected chi connectivity index (χ4v) is 19.1. The van der Waals surface area contributed by atoms with Gasteiger partial charge in [0.05, 0.1) is 63.4 Å². The van der Waals surface area contributed by atoms with Crippen LogP contribution in [0.5, 0.6) is 0 Å². The van der Waals surface area contributed by atoms with Crippen molar-refractivity contribution in [1.29, 1.82) is 10.5 Å². The maximum Gasteiger partial charge on any atom is 0.102 e. The third-order valence-corrected chi connectivity index (χ3v) is 22.5. The van der Waals surface area contributed by atoms with Crippen molar-refractivity contribution < 1.29 is 0 Å². The molecule has 0 saturated carbocycles. The van der Waals surface area contributed by atoms with Crippen molar-refractivity contribution in [2.75, 3.05) is 0 Å². The van der Waals surface area contributed by atoms with Crippen LogP contribution in [0, 0.1) is 22.7 Å². The molecule has 0 aliphatic carbocycles. The summed E-state index contributed by atoms with van der Waals surface area (Å²) in [4.78, 5) is 0. The average molecular weight is 1140 g/mol. The molecule has 13 aromatic carbocycles. The molecule has 0 fully saturated rings. The Labute approximate surface area is 494 Å². The highest BCUT2D eigenvalue weighted by Gasteiger charge is 2.34. The minimum absolute atomic E-state index is 0.434. The standard InChI is InChI=1S/C76H38N4S4/c77-39-59-65(45-27-25-41-13-1-3-15-43(41)37-45)60(40-78)68(80-71-53(31-35-57-49-19-7-11-23-63(49)83-75(57)71)54-32-36-58-50-20-8-12-24-64(50)84-76(58)72(54)80)66(46-28-26-42-14-2-4-16-44(42)38-46)67(59)79-69-51(29-33-55-47-17-5-9-21-61(47)81-73(55)69)52-30-34-56-48-18-6-10-22-62(48)82-74(56)70(52)79/h1-38H. The molecule has 6 heterocycles. The summed E-state index contributed by atoms with van der Waals surface area (Å²) >= 11 is 7.24. The van der Waals surface area contributed by atoms with Crippen molar-refractivity contribution in [1.82, 2.24) is 9.13 Å². The van der Waals surface area contributed by atoms with Gasteiger partial charge in [-0.1, -0.05) is 194 Å². The molecule has 4 nitrogen and oxygen atoms in total. The van der Waals surface area contributed by atoms with Crippen molar-refractivity contribution in [3.05, 3.63) is 242 Å². The van der Waals surface area contributed by atoms with Gasteiger partial charge in [-0.15, -0.1) is 45.3 Å². The normalized spacial score (nSPS) is 12.3. The Bertz CT molecular complexity index is 5720. The van der Waals surface area contributed by atoms with Gasteiger partial charge >= 0.3 is 0 Å². The van der Waals surface area contributed by atoms with Crippen LogP contribution < -0.4 is 0 Å². The van der Waals surface area contributed by atoms with Gasteiger partial charge in [0, 0.05) is 94.6 Å². The van der Waals surface area contributed by atoms with Gasteiger partial charge in [-0.3, -0.25) is 0 Å². The first-order chi connectivity index (χ1) is 41.6. The van der Waals surface area contributed by atoms with Crippen LogP contribution in [0.4, 0.5) is 0 Å². The second-order valence-corrected chi connectivity index (χ2v) is 26.2. The monoisotopic (exact) mass is 1130 g/mol. The van der Waals surface area contributed by atoms with Crippen molar-refractivity contribution in [3.8, 4) is 45.8 Å². The molecule has 19 aromatic rings. The number of aromatic nitrogens is 2. The lowest BCUT2D eigenvalue weighted by Crippen LogP contribution is -2.11. The Morgan fingerprint density at radius 2 is 0.548 bits per heavy atom. The number of fused-ring (bicyclic) bond motifs is 24. The van der Waals surface area contributed by atoms with Crippen molar-refractivity contribution >= 4 is 191 Å². The molecule has 0 radical (unpaired) electrons. The van der Waals surface area contributed by atoms with Crippen LogP contribution in [0.2, 0.25) is 0 Å². The third kappa shape index (κ3) is 6.16. The van der Waals surface area contributed by atoms with E-state index in [0.717, 1.165) is 134 Å². The summed E-state index contributed by atoms with van der Waals surface area (Å²) < 4.78 is 14.3. The largest absolute Gasteiger partial charge is 0.304 e.